The zero-order valence-corrected chi connectivity index (χ0v) is 16.0. The van der Waals surface area contributed by atoms with Gasteiger partial charge in [0.1, 0.15) is 0 Å². The largest absolute Gasteiger partial charge is 0.394 e. The van der Waals surface area contributed by atoms with Crippen molar-refractivity contribution in [3.05, 3.63) is 70.3 Å². The average Bonchev–Trinajstić information content (AvgIpc) is 3.14. The third kappa shape index (κ3) is 4.61. The third-order valence-electron chi connectivity index (χ3n) is 4.24. The maximum absolute atomic E-state index is 13.5. The van der Waals surface area contributed by atoms with Crippen molar-refractivity contribution < 1.29 is 39.7 Å². The summed E-state index contributed by atoms with van der Waals surface area (Å²) in [5.74, 6) is 0. The van der Waals surface area contributed by atoms with Crippen molar-refractivity contribution in [2.45, 2.75) is 32.9 Å². The van der Waals surface area contributed by atoms with Crippen LogP contribution < -0.4 is 0 Å². The van der Waals surface area contributed by atoms with Crippen LogP contribution in [0.25, 0.3) is 11.1 Å². The van der Waals surface area contributed by atoms with Gasteiger partial charge in [0.25, 0.3) is 0 Å². The second-order valence-corrected chi connectivity index (χ2v) is 5.78. The molecule has 1 N–H and O–H groups in total. The number of allylic oxidation sites excluding steroid dienone is 8. The molecule has 1 aromatic rings. The van der Waals surface area contributed by atoms with Gasteiger partial charge in [-0.2, -0.15) is 31.4 Å². The van der Waals surface area contributed by atoms with Gasteiger partial charge in [-0.25, -0.2) is 10.2 Å². The second kappa shape index (κ2) is 9.13. The van der Waals surface area contributed by atoms with Gasteiger partial charge in [-0.1, -0.05) is 46.6 Å². The van der Waals surface area contributed by atoms with Crippen LogP contribution in [0.4, 0.5) is 13.2 Å². The minimum Gasteiger partial charge on any atom is -0.222 e. The first-order chi connectivity index (χ1) is 11.8. The molecule has 0 saturated carbocycles. The van der Waals surface area contributed by atoms with Gasteiger partial charge in [0, 0.05) is 21.7 Å². The van der Waals surface area contributed by atoms with E-state index in [4.69, 9.17) is 10.2 Å². The zero-order chi connectivity index (χ0) is 18.6. The maximum atomic E-state index is 13.5. The van der Waals surface area contributed by atoms with Gasteiger partial charge in [-0.05, 0) is 32.3 Å². The monoisotopic (exact) mass is 392 g/mol. The van der Waals surface area contributed by atoms with Gasteiger partial charge in [0.2, 0.25) is 6.08 Å². The number of isocyanates is 1. The summed E-state index contributed by atoms with van der Waals surface area (Å²) in [7, 11) is 0. The van der Waals surface area contributed by atoms with E-state index in [2.05, 4.69) is 6.07 Å². The van der Waals surface area contributed by atoms with Crippen molar-refractivity contribution in [2.75, 3.05) is 0 Å². The van der Waals surface area contributed by atoms with Crippen LogP contribution in [0.1, 0.15) is 43.4 Å². The maximum Gasteiger partial charge on any atom is 0.394 e. The molecule has 0 bridgehead atoms. The molecule has 6 heteroatoms. The summed E-state index contributed by atoms with van der Waals surface area (Å²) >= 11 is 0. The molecule has 0 heterocycles. The molecule has 2 aliphatic carbocycles. The van der Waals surface area contributed by atoms with Crippen LogP contribution in [0.3, 0.4) is 0 Å². The Bertz CT molecular complexity index is 839. The molecule has 0 aromatic heterocycles. The van der Waals surface area contributed by atoms with Crippen molar-refractivity contribution in [1.29, 1.82) is 5.41 Å². The smallest absolute Gasteiger partial charge is 0.222 e. The molecule has 1 aromatic carbocycles. The van der Waals surface area contributed by atoms with Crippen LogP contribution in [0.2, 0.25) is 0 Å². The van der Waals surface area contributed by atoms with E-state index in [1.165, 1.54) is 6.07 Å². The van der Waals surface area contributed by atoms with Gasteiger partial charge < -0.3 is 0 Å². The second-order valence-electron chi connectivity index (χ2n) is 5.78. The van der Waals surface area contributed by atoms with E-state index in [9.17, 15) is 13.2 Å². The molecule has 2 nitrogen and oxygen atoms in total. The molecular weight excluding hydrogens is 375 g/mol. The van der Waals surface area contributed by atoms with Crippen molar-refractivity contribution in [1.82, 2.24) is 0 Å². The molecule has 0 amide bonds. The number of rotatable bonds is 2. The summed E-state index contributed by atoms with van der Waals surface area (Å²) in [5.41, 5.74) is 3.99. The third-order valence-corrected chi connectivity index (χ3v) is 4.24. The molecule has 0 spiro atoms. The number of alkyl halides is 3. The van der Waals surface area contributed by atoms with Crippen LogP contribution >= 0.6 is 0 Å². The van der Waals surface area contributed by atoms with Crippen LogP contribution in [0.15, 0.2) is 47.6 Å². The molecule has 0 radical (unpaired) electrons. The fraction of sp³-hybridized carbons (Fsp3) is 0.250. The zero-order valence-electron chi connectivity index (χ0n) is 14.4. The molecule has 0 atom stereocenters. The van der Waals surface area contributed by atoms with E-state index in [0.717, 1.165) is 28.4 Å². The molecule has 0 fully saturated rings. The molecule has 134 valence electrons. The van der Waals surface area contributed by atoms with Crippen LogP contribution in [-0.2, 0) is 32.7 Å². The Balaban J connectivity index is 0.000000791. The number of nitrogens with one attached hydrogen (secondary N) is 1. The summed E-state index contributed by atoms with van der Waals surface area (Å²) < 4.78 is 40.5. The SMILES string of the molecule is CC1=C(c2cc[c-]c(C(F)(F)F)c2C2=C(C)C=CC2)CC=C1.N=C=O.[Ti]. The predicted octanol–water partition coefficient (Wildman–Crippen LogP) is 5.87. The van der Waals surface area contributed by atoms with E-state index < -0.39 is 11.7 Å². The number of benzene rings is 1. The topological polar surface area (TPSA) is 40.9 Å². The van der Waals surface area contributed by atoms with Gasteiger partial charge in [0.15, 0.2) is 0 Å². The minimum absolute atomic E-state index is 0. The van der Waals surface area contributed by atoms with E-state index in [1.807, 2.05) is 38.2 Å². The van der Waals surface area contributed by atoms with Crippen molar-refractivity contribution in [3.8, 4) is 0 Å². The Morgan fingerprint density at radius 1 is 1.08 bits per heavy atom. The van der Waals surface area contributed by atoms with Crippen LogP contribution in [0.5, 0.6) is 0 Å². The number of carbonyl (C=O) groups excluding carboxylic acids is 1. The van der Waals surface area contributed by atoms with Crippen molar-refractivity contribution in [2.24, 2.45) is 0 Å². The summed E-state index contributed by atoms with van der Waals surface area (Å²) in [6.07, 6.45) is 5.33. The van der Waals surface area contributed by atoms with E-state index in [0.29, 0.717) is 24.0 Å². The fourth-order valence-corrected chi connectivity index (χ4v) is 3.14. The number of hydrogen-bond acceptors (Lipinski definition) is 2. The fourth-order valence-electron chi connectivity index (χ4n) is 3.14. The Morgan fingerprint density at radius 2 is 1.58 bits per heavy atom. The molecular formula is C20H17F3NOTi-. The van der Waals surface area contributed by atoms with Crippen molar-refractivity contribution in [3.63, 3.8) is 0 Å². The summed E-state index contributed by atoms with van der Waals surface area (Å²) in [6.45, 7) is 3.81. The molecule has 0 unspecified atom stereocenters. The van der Waals surface area contributed by atoms with Crippen LogP contribution in [-0.4, -0.2) is 6.08 Å². The average molecular weight is 392 g/mol. The Morgan fingerprint density at radius 3 is 2.00 bits per heavy atom. The van der Waals surface area contributed by atoms with Crippen LogP contribution in [0, 0.1) is 11.5 Å². The van der Waals surface area contributed by atoms with Gasteiger partial charge in [0.05, 0.1) is 0 Å². The molecule has 26 heavy (non-hydrogen) atoms. The normalized spacial score (nSPS) is 15.6. The summed E-state index contributed by atoms with van der Waals surface area (Å²) in [5, 5.41) is 5.40. The first-order valence-corrected chi connectivity index (χ1v) is 7.70. The summed E-state index contributed by atoms with van der Waals surface area (Å²) in [4.78, 5) is 8.35. The predicted molar refractivity (Wildman–Crippen MR) is 91.4 cm³/mol. The number of hydrogen-bond donors (Lipinski definition) is 1. The van der Waals surface area contributed by atoms with Gasteiger partial charge >= 0.3 is 6.18 Å². The van der Waals surface area contributed by atoms with Gasteiger partial charge in [-0.3, -0.25) is 0 Å². The molecule has 0 aliphatic heterocycles. The molecule has 0 saturated heterocycles. The van der Waals surface area contributed by atoms with E-state index in [-0.39, 0.29) is 21.7 Å². The quantitative estimate of drug-likeness (QED) is 0.291. The van der Waals surface area contributed by atoms with Gasteiger partial charge in [-0.15, -0.1) is 11.1 Å². The number of halogens is 3. The Hall–Kier alpha value is -1.94. The Labute approximate surface area is 165 Å². The molecule has 3 rings (SSSR count). The van der Waals surface area contributed by atoms with E-state index in [1.54, 1.807) is 6.07 Å². The molecule has 2 aliphatic rings. The summed E-state index contributed by atoms with van der Waals surface area (Å²) in [6, 6.07) is 5.57. The Kier molecular flexibility index (Phi) is 7.76. The first-order valence-electron chi connectivity index (χ1n) is 7.70. The first kappa shape index (κ1) is 22.1. The van der Waals surface area contributed by atoms with Crippen molar-refractivity contribution >= 4 is 17.2 Å². The van der Waals surface area contributed by atoms with E-state index >= 15 is 0 Å². The standard InChI is InChI=1S/C19H16F3.CHNO.Ti/c1-12-6-3-8-14(12)16-10-5-11-17(19(20,21)22)18(16)15-9-4-7-13(15)2;2-1-3;/h3-7,10H,8-9H2,1-2H3;2H;/q-1;;. The minimum atomic E-state index is -4.40.